The van der Waals surface area contributed by atoms with E-state index in [1.807, 2.05) is 24.5 Å². The standard InChI is InChI=1S/C14H9N4S/c1-3-9-10(15-5-1)7-17-11(9)8-18-13-12(19-14(17)18)4-2-6-16-13/h1-6,8H,7H2/q+1. The molecule has 4 aromatic heterocycles. The topological polar surface area (TPSA) is 34.8 Å². The molecular formula is C14H9N4S+. The van der Waals surface area contributed by atoms with Gasteiger partial charge in [0.1, 0.15) is 29.3 Å². The van der Waals surface area contributed by atoms with Crippen LogP contribution in [-0.2, 0) is 6.54 Å². The van der Waals surface area contributed by atoms with Crippen LogP contribution in [0.1, 0.15) is 5.69 Å². The molecule has 5 heteroatoms. The van der Waals surface area contributed by atoms with Crippen LogP contribution in [0.25, 0.3) is 26.6 Å². The lowest BCUT2D eigenvalue weighted by atomic mass is 10.2. The highest BCUT2D eigenvalue weighted by Crippen LogP contribution is 2.33. The maximum atomic E-state index is 4.48. The van der Waals surface area contributed by atoms with Gasteiger partial charge in [0.25, 0.3) is 10.6 Å². The Kier molecular flexibility index (Phi) is 1.62. The predicted octanol–water partition coefficient (Wildman–Crippen LogP) is 2.26. The Labute approximate surface area is 112 Å². The Bertz CT molecular complexity index is 951. The second-order valence-electron chi connectivity index (χ2n) is 4.68. The van der Waals surface area contributed by atoms with Crippen molar-refractivity contribution in [2.24, 2.45) is 0 Å². The average molecular weight is 265 g/mol. The van der Waals surface area contributed by atoms with E-state index in [0.717, 1.165) is 17.9 Å². The van der Waals surface area contributed by atoms with Crippen LogP contribution in [0.2, 0.25) is 0 Å². The summed E-state index contributed by atoms with van der Waals surface area (Å²) in [7, 11) is 0. The molecule has 0 spiro atoms. The highest BCUT2D eigenvalue weighted by molar-refractivity contribution is 7.22. The van der Waals surface area contributed by atoms with Crippen LogP contribution in [0.4, 0.5) is 0 Å². The first-order valence-electron chi connectivity index (χ1n) is 6.14. The van der Waals surface area contributed by atoms with Crippen molar-refractivity contribution < 1.29 is 4.40 Å². The summed E-state index contributed by atoms with van der Waals surface area (Å²) in [6, 6.07) is 8.24. The molecule has 4 aromatic rings. The number of imidazole rings is 1. The number of hydrogen-bond donors (Lipinski definition) is 0. The van der Waals surface area contributed by atoms with Crippen molar-refractivity contribution in [2.75, 3.05) is 0 Å². The van der Waals surface area contributed by atoms with Gasteiger partial charge in [0, 0.05) is 11.8 Å². The van der Waals surface area contributed by atoms with E-state index in [-0.39, 0.29) is 0 Å². The summed E-state index contributed by atoms with van der Waals surface area (Å²) in [5, 5.41) is 0. The Balaban J connectivity index is 1.93. The van der Waals surface area contributed by atoms with Gasteiger partial charge in [-0.1, -0.05) is 11.3 Å². The number of aromatic nitrogens is 4. The lowest BCUT2D eigenvalue weighted by molar-refractivity contribution is -0.478. The Hall–Kier alpha value is -2.27. The van der Waals surface area contributed by atoms with Crippen molar-refractivity contribution in [2.45, 2.75) is 6.54 Å². The summed E-state index contributed by atoms with van der Waals surface area (Å²) in [6.45, 7) is 0.856. The van der Waals surface area contributed by atoms with Crippen molar-refractivity contribution >= 4 is 26.6 Å². The maximum Gasteiger partial charge on any atom is 0.293 e. The quantitative estimate of drug-likeness (QED) is 0.403. The van der Waals surface area contributed by atoms with E-state index in [2.05, 4.69) is 37.3 Å². The van der Waals surface area contributed by atoms with Gasteiger partial charge in [0.05, 0.1) is 5.69 Å². The van der Waals surface area contributed by atoms with Gasteiger partial charge in [-0.3, -0.25) is 4.98 Å². The molecule has 0 aromatic carbocycles. The zero-order chi connectivity index (χ0) is 12.4. The summed E-state index contributed by atoms with van der Waals surface area (Å²) < 4.78 is 5.73. The fourth-order valence-electron chi connectivity index (χ4n) is 2.79. The van der Waals surface area contributed by atoms with Gasteiger partial charge >= 0.3 is 0 Å². The van der Waals surface area contributed by atoms with Crippen LogP contribution < -0.4 is 4.40 Å². The molecule has 1 aliphatic heterocycles. The van der Waals surface area contributed by atoms with E-state index in [1.165, 1.54) is 20.9 Å². The third kappa shape index (κ3) is 1.11. The van der Waals surface area contributed by atoms with E-state index in [4.69, 9.17) is 0 Å². The fourth-order valence-corrected chi connectivity index (χ4v) is 3.89. The normalized spacial score (nSPS) is 13.1. The van der Waals surface area contributed by atoms with Crippen LogP contribution in [-0.4, -0.2) is 14.5 Å². The summed E-state index contributed by atoms with van der Waals surface area (Å²) >= 11 is 1.78. The SMILES string of the molecule is c1cnc2c(c1)-c1c[n+]3c4ncccc4sc3n1C2. The monoisotopic (exact) mass is 265 g/mol. The number of pyridine rings is 2. The molecule has 0 unspecified atom stereocenters. The van der Waals surface area contributed by atoms with Crippen molar-refractivity contribution in [3.05, 3.63) is 48.5 Å². The maximum absolute atomic E-state index is 4.48. The third-order valence-electron chi connectivity index (χ3n) is 3.63. The van der Waals surface area contributed by atoms with Gasteiger partial charge in [0.2, 0.25) is 0 Å². The van der Waals surface area contributed by atoms with Crippen molar-refractivity contribution in [1.29, 1.82) is 0 Å². The van der Waals surface area contributed by atoms with Crippen LogP contribution in [0.15, 0.2) is 42.9 Å². The smallest absolute Gasteiger partial charge is 0.257 e. The number of rotatable bonds is 0. The summed E-state index contributed by atoms with van der Waals surface area (Å²) in [5.74, 6) is 0. The first kappa shape index (κ1) is 9.63. The molecule has 0 saturated heterocycles. The van der Waals surface area contributed by atoms with Crippen molar-refractivity contribution in [1.82, 2.24) is 14.5 Å². The minimum absolute atomic E-state index is 0.856. The van der Waals surface area contributed by atoms with Gasteiger partial charge < -0.3 is 0 Å². The van der Waals surface area contributed by atoms with Crippen molar-refractivity contribution in [3.63, 3.8) is 0 Å². The fraction of sp³-hybridized carbons (Fsp3) is 0.0714. The second-order valence-corrected chi connectivity index (χ2v) is 5.69. The Morgan fingerprint density at radius 3 is 3.05 bits per heavy atom. The van der Waals surface area contributed by atoms with E-state index in [9.17, 15) is 0 Å². The zero-order valence-electron chi connectivity index (χ0n) is 9.95. The van der Waals surface area contributed by atoms with Gasteiger partial charge in [-0.05, 0) is 24.3 Å². The number of thiazole rings is 1. The summed E-state index contributed by atoms with van der Waals surface area (Å²) in [6.07, 6.45) is 5.89. The Morgan fingerprint density at radius 2 is 2.05 bits per heavy atom. The molecule has 1 aliphatic rings. The molecule has 0 fully saturated rings. The van der Waals surface area contributed by atoms with E-state index < -0.39 is 0 Å². The number of fused-ring (bicyclic) bond motifs is 7. The highest BCUT2D eigenvalue weighted by atomic mass is 32.1. The average Bonchev–Trinajstić information content (AvgIpc) is 3.07. The first-order chi connectivity index (χ1) is 9.42. The third-order valence-corrected chi connectivity index (χ3v) is 4.77. The molecule has 5 rings (SSSR count). The molecule has 0 atom stereocenters. The zero-order valence-corrected chi connectivity index (χ0v) is 10.8. The lowest BCUT2D eigenvalue weighted by Gasteiger charge is -1.92. The molecule has 5 heterocycles. The van der Waals surface area contributed by atoms with E-state index in [1.54, 1.807) is 11.3 Å². The second kappa shape index (κ2) is 3.19. The van der Waals surface area contributed by atoms with Crippen molar-refractivity contribution in [3.8, 4) is 11.3 Å². The number of hydrogen-bond acceptors (Lipinski definition) is 3. The minimum atomic E-state index is 0.856. The molecule has 19 heavy (non-hydrogen) atoms. The molecule has 0 N–H and O–H groups in total. The van der Waals surface area contributed by atoms with Gasteiger partial charge in [-0.15, -0.1) is 4.98 Å². The van der Waals surface area contributed by atoms with Crippen LogP contribution >= 0.6 is 11.3 Å². The van der Waals surface area contributed by atoms with Crippen LogP contribution in [0.3, 0.4) is 0 Å². The molecule has 0 aliphatic carbocycles. The highest BCUT2D eigenvalue weighted by Gasteiger charge is 2.29. The van der Waals surface area contributed by atoms with Gasteiger partial charge in [0.15, 0.2) is 0 Å². The van der Waals surface area contributed by atoms with Crippen LogP contribution in [0.5, 0.6) is 0 Å². The Morgan fingerprint density at radius 1 is 1.16 bits per heavy atom. The first-order valence-corrected chi connectivity index (χ1v) is 6.96. The molecule has 4 nitrogen and oxygen atoms in total. The minimum Gasteiger partial charge on any atom is -0.257 e. The molecule has 90 valence electrons. The van der Waals surface area contributed by atoms with E-state index >= 15 is 0 Å². The molecule has 0 radical (unpaired) electrons. The lowest BCUT2D eigenvalue weighted by Crippen LogP contribution is -2.17. The molecule has 0 saturated carbocycles. The van der Waals surface area contributed by atoms with Gasteiger partial charge in [-0.25, -0.2) is 4.57 Å². The molecule has 0 amide bonds. The summed E-state index contributed by atoms with van der Waals surface area (Å²) in [4.78, 5) is 10.2. The molecular weight excluding hydrogens is 256 g/mol. The van der Waals surface area contributed by atoms with E-state index in [0.29, 0.717) is 0 Å². The predicted molar refractivity (Wildman–Crippen MR) is 73.1 cm³/mol. The molecule has 0 bridgehead atoms. The largest absolute Gasteiger partial charge is 0.293 e. The van der Waals surface area contributed by atoms with Gasteiger partial charge in [-0.2, -0.15) is 4.40 Å². The van der Waals surface area contributed by atoms with Crippen LogP contribution in [0, 0.1) is 0 Å². The summed E-state index contributed by atoms with van der Waals surface area (Å²) in [5.41, 5.74) is 4.67. The number of nitrogens with zero attached hydrogens (tertiary/aromatic N) is 4.